The number of nitrogens with zero attached hydrogens (tertiary/aromatic N) is 2. The van der Waals surface area contributed by atoms with Gasteiger partial charge in [0.2, 0.25) is 23.6 Å². The van der Waals surface area contributed by atoms with Gasteiger partial charge in [-0.2, -0.15) is 0 Å². The molecular formula is C37H78Cl5N9O4. The number of allylic oxidation sites excluding steroid dienone is 4. The van der Waals surface area contributed by atoms with Crippen LogP contribution < -0.4 is 38.9 Å². The maximum Gasteiger partial charge on any atom is 0.236 e. The van der Waals surface area contributed by atoms with Gasteiger partial charge in [0.25, 0.3) is 0 Å². The Balaban J connectivity index is -0.00000120. The molecule has 0 aromatic rings. The molecule has 2 atom stereocenters. The number of amides is 4. The summed E-state index contributed by atoms with van der Waals surface area (Å²) in [5.41, 5.74) is 22.9. The zero-order chi connectivity index (χ0) is 37.2. The average molecular weight is 890 g/mol. The van der Waals surface area contributed by atoms with E-state index in [0.717, 1.165) is 58.0 Å². The molecule has 0 aromatic carbocycles. The second-order valence-electron chi connectivity index (χ2n) is 12.8. The quantitative estimate of drug-likeness (QED) is 0.0372. The van der Waals surface area contributed by atoms with Crippen molar-refractivity contribution < 1.29 is 19.2 Å². The number of hydrogen-bond donors (Lipinski definition) is 7. The summed E-state index contributed by atoms with van der Waals surface area (Å²) in [4.78, 5) is 54.1. The predicted octanol–water partition coefficient (Wildman–Crippen LogP) is 4.15. The first kappa shape index (κ1) is 65.5. The van der Waals surface area contributed by atoms with Crippen molar-refractivity contribution >= 4 is 85.7 Å². The van der Waals surface area contributed by atoms with Gasteiger partial charge in [-0.3, -0.25) is 19.2 Å². The lowest BCUT2D eigenvalue weighted by atomic mass is 10.1. The fourth-order valence-electron chi connectivity index (χ4n) is 5.26. The fraction of sp³-hybridized carbons (Fsp3) is 0.784. The Morgan fingerprint density at radius 1 is 0.527 bits per heavy atom. The van der Waals surface area contributed by atoms with Crippen LogP contribution in [-0.4, -0.2) is 111 Å². The second-order valence-corrected chi connectivity index (χ2v) is 12.8. The number of carbonyl (C=O) groups is 4. The minimum atomic E-state index is -0.555. The van der Waals surface area contributed by atoms with Crippen molar-refractivity contribution in [3.8, 4) is 0 Å². The molecular weight excluding hydrogens is 812 g/mol. The summed E-state index contributed by atoms with van der Waals surface area (Å²) in [5.74, 6) is -0.0910. The number of hydrogen-bond acceptors (Lipinski definition) is 9. The topological polar surface area (TPSA) is 215 Å². The molecule has 0 rings (SSSR count). The van der Waals surface area contributed by atoms with Gasteiger partial charge in [-0.05, 0) is 110 Å². The van der Waals surface area contributed by atoms with Crippen molar-refractivity contribution in [3.05, 3.63) is 24.3 Å². The van der Waals surface area contributed by atoms with Crippen LogP contribution in [0.2, 0.25) is 0 Å². The lowest BCUT2D eigenvalue weighted by Crippen LogP contribution is -2.42. The number of carbonyl (C=O) groups excluding carboxylic acids is 4. The molecule has 0 spiro atoms. The zero-order valence-electron chi connectivity index (χ0n) is 33.5. The first-order valence-corrected chi connectivity index (χ1v) is 19.2. The second kappa shape index (κ2) is 47.0. The van der Waals surface area contributed by atoms with E-state index in [1.165, 1.54) is 0 Å². The van der Waals surface area contributed by atoms with Crippen LogP contribution in [0.15, 0.2) is 24.3 Å². The third-order valence-electron chi connectivity index (χ3n) is 8.29. The third-order valence-corrected chi connectivity index (χ3v) is 8.29. The van der Waals surface area contributed by atoms with E-state index in [2.05, 4.69) is 54.1 Å². The highest BCUT2D eigenvalue weighted by atomic mass is 35.5. The smallest absolute Gasteiger partial charge is 0.236 e. The van der Waals surface area contributed by atoms with Gasteiger partial charge in [0.1, 0.15) is 0 Å². The Bertz CT molecular complexity index is 898. The van der Waals surface area contributed by atoms with Crippen molar-refractivity contribution in [3.63, 3.8) is 0 Å². The number of unbranched alkanes of at least 4 members (excludes halogenated alkanes) is 1. The molecule has 0 bridgehead atoms. The Morgan fingerprint density at radius 3 is 1.27 bits per heavy atom. The van der Waals surface area contributed by atoms with E-state index in [0.29, 0.717) is 104 Å². The SMILES string of the molecule is CC/C=C\CCC(=O)N(CCCCNCCCN(CCCNC(=O)[C@@H](N)CCCN)C(=O)CC/C=C\CC)CCCNC(=O)[C@@H](N)CCCN.Cl.Cl.Cl.Cl.Cl. The van der Waals surface area contributed by atoms with Gasteiger partial charge < -0.3 is 48.7 Å². The van der Waals surface area contributed by atoms with Crippen LogP contribution in [0.25, 0.3) is 0 Å². The Kier molecular flexibility index (Phi) is 55.9. The average Bonchev–Trinajstić information content (AvgIpc) is 3.11. The van der Waals surface area contributed by atoms with Crippen LogP contribution >= 0.6 is 62.0 Å². The zero-order valence-corrected chi connectivity index (χ0v) is 37.6. The van der Waals surface area contributed by atoms with E-state index < -0.39 is 12.1 Å². The van der Waals surface area contributed by atoms with E-state index in [9.17, 15) is 19.2 Å². The van der Waals surface area contributed by atoms with Crippen molar-refractivity contribution in [1.82, 2.24) is 25.8 Å². The van der Waals surface area contributed by atoms with Crippen LogP contribution in [0.5, 0.6) is 0 Å². The highest BCUT2D eigenvalue weighted by Gasteiger charge is 2.16. The summed E-state index contributed by atoms with van der Waals surface area (Å²) in [7, 11) is 0. The molecule has 0 unspecified atom stereocenters. The Morgan fingerprint density at radius 2 is 0.891 bits per heavy atom. The molecule has 0 saturated carbocycles. The van der Waals surface area contributed by atoms with Crippen LogP contribution in [0.4, 0.5) is 0 Å². The number of halogens is 5. The number of rotatable bonds is 33. The van der Waals surface area contributed by atoms with E-state index in [4.69, 9.17) is 22.9 Å². The first-order chi connectivity index (χ1) is 24.2. The number of nitrogens with two attached hydrogens (primary N) is 4. The highest BCUT2D eigenvalue weighted by molar-refractivity contribution is 5.86. The third kappa shape index (κ3) is 37.9. The summed E-state index contributed by atoms with van der Waals surface area (Å²) >= 11 is 0. The monoisotopic (exact) mass is 887 g/mol. The lowest BCUT2D eigenvalue weighted by molar-refractivity contribution is -0.132. The van der Waals surface area contributed by atoms with Crippen LogP contribution in [0.3, 0.4) is 0 Å². The standard InChI is InChI=1S/C37H73N9O4.5ClH/c1-3-5-7-9-20-34(47)45(30-16-26-43-36(49)32(40)18-13-22-38)28-12-11-24-42-25-15-29-46(35(48)21-10-8-6-4-2)31-17-27-44-37(50)33(41)19-14-23-39;;;;;/h5-8,32-33,42H,3-4,9-31,38-41H2,1-2H3,(H,43,49)(H,44,50);5*1H/b7-5-,8-6-;;;;;/t32-,33-;;;;;/m0...../s1. The molecule has 13 nitrogen and oxygen atoms in total. The summed E-state index contributed by atoms with van der Waals surface area (Å²) in [6.45, 7) is 10.2. The molecule has 0 aliphatic heterocycles. The molecule has 0 aliphatic rings. The van der Waals surface area contributed by atoms with Crippen LogP contribution in [0.1, 0.15) is 110 Å². The van der Waals surface area contributed by atoms with Gasteiger partial charge >= 0.3 is 0 Å². The molecule has 4 amide bonds. The molecule has 0 aliphatic carbocycles. The van der Waals surface area contributed by atoms with E-state index in [1.54, 1.807) is 0 Å². The van der Waals surface area contributed by atoms with E-state index in [-0.39, 0.29) is 85.7 Å². The van der Waals surface area contributed by atoms with Gasteiger partial charge in [0.15, 0.2) is 0 Å². The normalized spacial score (nSPS) is 11.5. The van der Waals surface area contributed by atoms with Gasteiger partial charge in [-0.15, -0.1) is 62.0 Å². The molecule has 11 N–H and O–H groups in total. The molecule has 0 heterocycles. The summed E-state index contributed by atoms with van der Waals surface area (Å²) in [5, 5.41) is 9.25. The molecule has 0 radical (unpaired) electrons. The number of nitrogens with one attached hydrogen (secondary N) is 3. The molecule has 0 fully saturated rings. The molecule has 18 heteroatoms. The molecule has 0 aromatic heterocycles. The van der Waals surface area contributed by atoms with E-state index in [1.807, 2.05) is 9.80 Å². The fourth-order valence-corrected chi connectivity index (χ4v) is 5.26. The van der Waals surface area contributed by atoms with Gasteiger partial charge in [0.05, 0.1) is 12.1 Å². The summed E-state index contributed by atoms with van der Waals surface area (Å²) < 4.78 is 0. The summed E-state index contributed by atoms with van der Waals surface area (Å²) in [6.07, 6.45) is 19.1. The van der Waals surface area contributed by atoms with Gasteiger partial charge in [0, 0.05) is 52.1 Å². The molecule has 55 heavy (non-hydrogen) atoms. The van der Waals surface area contributed by atoms with Crippen molar-refractivity contribution in [2.24, 2.45) is 22.9 Å². The van der Waals surface area contributed by atoms with Crippen molar-refractivity contribution in [2.45, 2.75) is 122 Å². The lowest BCUT2D eigenvalue weighted by Gasteiger charge is -2.24. The minimum Gasteiger partial charge on any atom is -0.355 e. The Hall–Kier alpha value is -1.39. The van der Waals surface area contributed by atoms with Crippen LogP contribution in [0, 0.1) is 0 Å². The largest absolute Gasteiger partial charge is 0.355 e. The summed E-state index contributed by atoms with van der Waals surface area (Å²) in [6, 6.07) is -1.11. The predicted molar refractivity (Wildman–Crippen MR) is 241 cm³/mol. The van der Waals surface area contributed by atoms with Gasteiger partial charge in [-0.1, -0.05) is 38.2 Å². The van der Waals surface area contributed by atoms with E-state index >= 15 is 0 Å². The van der Waals surface area contributed by atoms with Gasteiger partial charge in [-0.25, -0.2) is 0 Å². The highest BCUT2D eigenvalue weighted by Crippen LogP contribution is 2.06. The first-order valence-electron chi connectivity index (χ1n) is 19.2. The minimum absolute atomic E-state index is 0. The van der Waals surface area contributed by atoms with Crippen molar-refractivity contribution in [1.29, 1.82) is 0 Å². The van der Waals surface area contributed by atoms with Crippen molar-refractivity contribution in [2.75, 3.05) is 65.4 Å². The molecule has 330 valence electrons. The van der Waals surface area contributed by atoms with Crippen LogP contribution in [-0.2, 0) is 19.2 Å². The maximum atomic E-state index is 13.0. The molecule has 0 saturated heterocycles. The maximum absolute atomic E-state index is 13.0. The Labute approximate surface area is 363 Å².